The molecule has 1 unspecified atom stereocenters. The summed E-state index contributed by atoms with van der Waals surface area (Å²) in [5, 5.41) is 3.74. The Balaban J connectivity index is 2.33. The molecular formula is C14H10Br2Cl2FN. The minimum absolute atomic E-state index is 0.0470. The average molecular weight is 442 g/mol. The van der Waals surface area contributed by atoms with E-state index in [2.05, 4.69) is 37.2 Å². The molecule has 0 amide bonds. The monoisotopic (exact) mass is 439 g/mol. The van der Waals surface area contributed by atoms with Gasteiger partial charge in [-0.25, -0.2) is 4.39 Å². The summed E-state index contributed by atoms with van der Waals surface area (Å²) >= 11 is 19.0. The van der Waals surface area contributed by atoms with Crippen LogP contribution >= 0.6 is 55.1 Å². The fraction of sp³-hybridized carbons (Fsp3) is 0.143. The number of rotatable bonds is 3. The highest BCUT2D eigenvalue weighted by Gasteiger charge is 2.17. The SMILES string of the molecule is CC(Nc1ccc(Br)cc1Br)c1c(Cl)ccc(F)c1Cl. The number of anilines is 1. The topological polar surface area (TPSA) is 12.0 Å². The van der Waals surface area contributed by atoms with Gasteiger partial charge in [0.1, 0.15) is 5.82 Å². The molecule has 0 aliphatic heterocycles. The molecule has 0 aliphatic rings. The molecule has 6 heteroatoms. The van der Waals surface area contributed by atoms with Crippen molar-refractivity contribution < 1.29 is 4.39 Å². The first kappa shape index (κ1) is 16.1. The van der Waals surface area contributed by atoms with Crippen LogP contribution in [0.4, 0.5) is 10.1 Å². The van der Waals surface area contributed by atoms with E-state index in [1.165, 1.54) is 12.1 Å². The fourth-order valence-corrected chi connectivity index (χ4v) is 3.71. The number of hydrogen-bond donors (Lipinski definition) is 1. The van der Waals surface area contributed by atoms with E-state index in [1.54, 1.807) is 0 Å². The summed E-state index contributed by atoms with van der Waals surface area (Å²) in [6.45, 7) is 1.88. The maximum Gasteiger partial charge on any atom is 0.142 e. The van der Waals surface area contributed by atoms with Gasteiger partial charge < -0.3 is 5.32 Å². The third-order valence-electron chi connectivity index (χ3n) is 2.82. The summed E-state index contributed by atoms with van der Waals surface area (Å²) in [5.74, 6) is -0.477. The summed E-state index contributed by atoms with van der Waals surface area (Å²) in [4.78, 5) is 0. The largest absolute Gasteiger partial charge is 0.377 e. The Morgan fingerprint density at radius 1 is 1.15 bits per heavy atom. The molecule has 0 radical (unpaired) electrons. The predicted molar refractivity (Wildman–Crippen MR) is 90.3 cm³/mol. The first-order chi connectivity index (χ1) is 9.40. The molecule has 0 fully saturated rings. The van der Waals surface area contributed by atoms with E-state index in [1.807, 2.05) is 25.1 Å². The minimum atomic E-state index is -0.477. The Morgan fingerprint density at radius 3 is 2.50 bits per heavy atom. The van der Waals surface area contributed by atoms with Crippen molar-refractivity contribution in [2.45, 2.75) is 13.0 Å². The highest BCUT2D eigenvalue weighted by molar-refractivity contribution is 9.11. The van der Waals surface area contributed by atoms with Gasteiger partial charge in [0.15, 0.2) is 0 Å². The Kier molecular flexibility index (Phi) is 5.35. The molecule has 1 nitrogen and oxygen atoms in total. The lowest BCUT2D eigenvalue weighted by Crippen LogP contribution is -2.09. The zero-order chi connectivity index (χ0) is 14.9. The van der Waals surface area contributed by atoms with Crippen molar-refractivity contribution in [2.24, 2.45) is 0 Å². The van der Waals surface area contributed by atoms with Gasteiger partial charge in [0.05, 0.1) is 11.1 Å². The molecule has 0 saturated carbocycles. The second kappa shape index (κ2) is 6.65. The lowest BCUT2D eigenvalue weighted by atomic mass is 10.1. The molecule has 2 rings (SSSR count). The number of halogens is 5. The molecule has 1 atom stereocenters. The van der Waals surface area contributed by atoms with Gasteiger partial charge in [0.25, 0.3) is 0 Å². The van der Waals surface area contributed by atoms with Crippen LogP contribution < -0.4 is 5.32 Å². The van der Waals surface area contributed by atoms with Gasteiger partial charge in [-0.15, -0.1) is 0 Å². The normalized spacial score (nSPS) is 12.3. The van der Waals surface area contributed by atoms with Crippen LogP contribution in [-0.2, 0) is 0 Å². The third kappa shape index (κ3) is 3.48. The summed E-state index contributed by atoms with van der Waals surface area (Å²) in [7, 11) is 0. The first-order valence-corrected chi connectivity index (χ1v) is 8.09. The van der Waals surface area contributed by atoms with Crippen LogP contribution in [0, 0.1) is 5.82 Å². The average Bonchev–Trinajstić information content (AvgIpc) is 2.38. The second-order valence-corrected chi connectivity index (χ2v) is 6.80. The highest BCUT2D eigenvalue weighted by Crippen LogP contribution is 2.35. The molecule has 0 heterocycles. The van der Waals surface area contributed by atoms with Crippen molar-refractivity contribution in [1.82, 2.24) is 0 Å². The third-order valence-corrected chi connectivity index (χ3v) is 4.68. The smallest absolute Gasteiger partial charge is 0.142 e. The van der Waals surface area contributed by atoms with Gasteiger partial charge in [0, 0.05) is 25.2 Å². The highest BCUT2D eigenvalue weighted by atomic mass is 79.9. The van der Waals surface area contributed by atoms with E-state index in [0.29, 0.717) is 10.6 Å². The van der Waals surface area contributed by atoms with E-state index < -0.39 is 5.82 Å². The van der Waals surface area contributed by atoms with Gasteiger partial charge in [-0.1, -0.05) is 39.1 Å². The number of hydrogen-bond acceptors (Lipinski definition) is 1. The summed E-state index contributed by atoms with van der Waals surface area (Å²) < 4.78 is 15.4. The van der Waals surface area contributed by atoms with Gasteiger partial charge >= 0.3 is 0 Å². The quantitative estimate of drug-likeness (QED) is 0.514. The summed E-state index contributed by atoms with van der Waals surface area (Å²) in [6.07, 6.45) is 0. The number of nitrogens with one attached hydrogen (secondary N) is 1. The maximum absolute atomic E-state index is 13.6. The van der Waals surface area contributed by atoms with Crippen molar-refractivity contribution in [3.05, 3.63) is 60.7 Å². The molecule has 0 spiro atoms. The molecule has 0 aliphatic carbocycles. The summed E-state index contributed by atoms with van der Waals surface area (Å²) in [5.41, 5.74) is 1.42. The molecule has 2 aromatic carbocycles. The molecule has 0 bridgehead atoms. The van der Waals surface area contributed by atoms with Crippen molar-refractivity contribution >= 4 is 60.7 Å². The molecule has 106 valence electrons. The zero-order valence-corrected chi connectivity index (χ0v) is 15.0. The van der Waals surface area contributed by atoms with E-state index in [-0.39, 0.29) is 11.1 Å². The standard InChI is InChI=1S/C14H10Br2Cl2FN/c1-7(13-10(17)3-4-11(19)14(13)18)20-12-5-2-8(15)6-9(12)16/h2-7,20H,1H3. The summed E-state index contributed by atoms with van der Waals surface area (Å²) in [6, 6.07) is 8.27. The molecule has 1 N–H and O–H groups in total. The van der Waals surface area contributed by atoms with Crippen molar-refractivity contribution in [2.75, 3.05) is 5.32 Å². The lowest BCUT2D eigenvalue weighted by molar-refractivity contribution is 0.624. The van der Waals surface area contributed by atoms with E-state index in [0.717, 1.165) is 14.6 Å². The predicted octanol–water partition coefficient (Wildman–Crippen LogP) is 6.83. The van der Waals surface area contributed by atoms with Crippen molar-refractivity contribution in [3.63, 3.8) is 0 Å². The molecule has 0 aromatic heterocycles. The molecule has 0 saturated heterocycles. The van der Waals surface area contributed by atoms with Crippen LogP contribution in [0.25, 0.3) is 0 Å². The van der Waals surface area contributed by atoms with Crippen molar-refractivity contribution in [3.8, 4) is 0 Å². The number of benzene rings is 2. The van der Waals surface area contributed by atoms with Gasteiger partial charge in [-0.3, -0.25) is 0 Å². The molecule has 2 aromatic rings. The zero-order valence-electron chi connectivity index (χ0n) is 10.4. The van der Waals surface area contributed by atoms with Crippen molar-refractivity contribution in [1.29, 1.82) is 0 Å². The van der Waals surface area contributed by atoms with Crippen LogP contribution in [0.15, 0.2) is 39.3 Å². The van der Waals surface area contributed by atoms with Gasteiger partial charge in [-0.2, -0.15) is 0 Å². The van der Waals surface area contributed by atoms with E-state index >= 15 is 0 Å². The fourth-order valence-electron chi connectivity index (χ4n) is 1.85. The van der Waals surface area contributed by atoms with E-state index in [9.17, 15) is 4.39 Å². The Morgan fingerprint density at radius 2 is 1.85 bits per heavy atom. The van der Waals surface area contributed by atoms with Crippen LogP contribution in [0.5, 0.6) is 0 Å². The van der Waals surface area contributed by atoms with Crippen LogP contribution in [-0.4, -0.2) is 0 Å². The van der Waals surface area contributed by atoms with Gasteiger partial charge in [0.2, 0.25) is 0 Å². The van der Waals surface area contributed by atoms with Gasteiger partial charge in [-0.05, 0) is 53.2 Å². The molecular weight excluding hydrogens is 432 g/mol. The van der Waals surface area contributed by atoms with Crippen LogP contribution in [0.1, 0.15) is 18.5 Å². The van der Waals surface area contributed by atoms with Crippen LogP contribution in [0.3, 0.4) is 0 Å². The first-order valence-electron chi connectivity index (χ1n) is 5.75. The Labute approximate surface area is 143 Å². The molecule has 20 heavy (non-hydrogen) atoms. The lowest BCUT2D eigenvalue weighted by Gasteiger charge is -2.19. The Hall–Kier alpha value is -0.290. The maximum atomic E-state index is 13.6. The minimum Gasteiger partial charge on any atom is -0.377 e. The Bertz CT molecular complexity index is 649. The van der Waals surface area contributed by atoms with E-state index in [4.69, 9.17) is 23.2 Å². The van der Waals surface area contributed by atoms with Crippen LogP contribution in [0.2, 0.25) is 10.0 Å². The second-order valence-electron chi connectivity index (χ2n) is 4.25.